The SMILES string of the molecule is O=C(NS(=O)(=O)c1ccccc1)c1cn2cc(C(F)(F)F)cnc2n1. The first-order valence-corrected chi connectivity index (χ1v) is 8.19. The molecule has 0 spiro atoms. The van der Waals surface area contributed by atoms with Crippen molar-refractivity contribution in [1.29, 1.82) is 0 Å². The number of aromatic nitrogens is 3. The van der Waals surface area contributed by atoms with Crippen LogP contribution in [0.15, 0.2) is 53.8 Å². The Morgan fingerprint density at radius 1 is 1.12 bits per heavy atom. The summed E-state index contributed by atoms with van der Waals surface area (Å²) in [6, 6.07) is 7.14. The number of halogens is 3. The molecular weight excluding hydrogens is 361 g/mol. The molecule has 0 unspecified atom stereocenters. The molecule has 0 aliphatic carbocycles. The molecule has 1 amide bonds. The fraction of sp³-hybridized carbons (Fsp3) is 0.0714. The van der Waals surface area contributed by atoms with Crippen molar-refractivity contribution in [2.24, 2.45) is 0 Å². The second-order valence-electron chi connectivity index (χ2n) is 4.92. The summed E-state index contributed by atoms with van der Waals surface area (Å²) in [5.41, 5.74) is -1.41. The van der Waals surface area contributed by atoms with Crippen LogP contribution >= 0.6 is 0 Å². The lowest BCUT2D eigenvalue weighted by Gasteiger charge is -2.05. The highest BCUT2D eigenvalue weighted by atomic mass is 32.2. The second-order valence-corrected chi connectivity index (χ2v) is 6.60. The largest absolute Gasteiger partial charge is 0.419 e. The Hall–Kier alpha value is -2.95. The molecule has 1 aromatic carbocycles. The number of amides is 1. The lowest BCUT2D eigenvalue weighted by atomic mass is 10.3. The molecule has 0 saturated heterocycles. The number of fused-ring (bicyclic) bond motifs is 1. The molecule has 0 bridgehead atoms. The Kier molecular flexibility index (Phi) is 3.95. The highest BCUT2D eigenvalue weighted by molar-refractivity contribution is 7.90. The molecule has 0 fully saturated rings. The lowest BCUT2D eigenvalue weighted by molar-refractivity contribution is -0.138. The minimum atomic E-state index is -4.61. The summed E-state index contributed by atoms with van der Waals surface area (Å²) in [7, 11) is -4.13. The molecule has 130 valence electrons. The minimum absolute atomic E-state index is 0.135. The summed E-state index contributed by atoms with van der Waals surface area (Å²) in [6.07, 6.45) is -2.36. The Labute approximate surface area is 139 Å². The number of imidazole rings is 1. The molecule has 0 atom stereocenters. The smallest absolute Gasteiger partial charge is 0.290 e. The monoisotopic (exact) mass is 370 g/mol. The van der Waals surface area contributed by atoms with Gasteiger partial charge < -0.3 is 0 Å². The van der Waals surface area contributed by atoms with Crippen molar-refractivity contribution >= 4 is 21.7 Å². The van der Waals surface area contributed by atoms with Gasteiger partial charge in [-0.3, -0.25) is 9.20 Å². The molecule has 2 aromatic heterocycles. The van der Waals surface area contributed by atoms with E-state index in [4.69, 9.17) is 0 Å². The van der Waals surface area contributed by atoms with Gasteiger partial charge in [0, 0.05) is 18.6 Å². The number of hydrogen-bond acceptors (Lipinski definition) is 5. The quantitative estimate of drug-likeness (QED) is 0.760. The van der Waals surface area contributed by atoms with E-state index in [1.165, 1.54) is 24.3 Å². The van der Waals surface area contributed by atoms with Crippen molar-refractivity contribution in [2.45, 2.75) is 11.1 Å². The molecule has 3 rings (SSSR count). The van der Waals surface area contributed by atoms with E-state index in [9.17, 15) is 26.4 Å². The number of benzene rings is 1. The molecule has 0 aliphatic rings. The third kappa shape index (κ3) is 3.45. The number of sulfonamides is 1. The zero-order valence-electron chi connectivity index (χ0n) is 12.2. The summed E-state index contributed by atoms with van der Waals surface area (Å²) in [5.74, 6) is -1.25. The zero-order valence-corrected chi connectivity index (χ0v) is 13.0. The van der Waals surface area contributed by atoms with Crippen LogP contribution in [0, 0.1) is 0 Å². The van der Waals surface area contributed by atoms with Crippen molar-refractivity contribution in [3.63, 3.8) is 0 Å². The standard InChI is InChI=1S/C14H9F3N4O3S/c15-14(16,17)9-6-18-13-19-11(8-21(13)7-9)12(22)20-25(23,24)10-4-2-1-3-5-10/h1-8H,(H,20,22). The van der Waals surface area contributed by atoms with Crippen LogP contribution in [0.1, 0.15) is 16.1 Å². The molecular formula is C14H9F3N4O3S. The van der Waals surface area contributed by atoms with Crippen LogP contribution in [0.4, 0.5) is 13.2 Å². The summed E-state index contributed by atoms with van der Waals surface area (Å²) in [4.78, 5) is 19.2. The third-order valence-electron chi connectivity index (χ3n) is 3.15. The Morgan fingerprint density at radius 2 is 1.80 bits per heavy atom. The molecule has 0 saturated carbocycles. The van der Waals surface area contributed by atoms with Gasteiger partial charge in [0.25, 0.3) is 15.9 Å². The third-order valence-corrected chi connectivity index (χ3v) is 4.50. The molecule has 0 aliphatic heterocycles. The van der Waals surface area contributed by atoms with Crippen LogP contribution in [-0.4, -0.2) is 28.7 Å². The van der Waals surface area contributed by atoms with Gasteiger partial charge in [-0.05, 0) is 12.1 Å². The van der Waals surface area contributed by atoms with Gasteiger partial charge in [-0.15, -0.1) is 0 Å². The topological polar surface area (TPSA) is 93.4 Å². The van der Waals surface area contributed by atoms with Gasteiger partial charge in [0.2, 0.25) is 5.78 Å². The number of alkyl halides is 3. The van der Waals surface area contributed by atoms with Crippen LogP contribution in [0.25, 0.3) is 5.78 Å². The summed E-state index contributed by atoms with van der Waals surface area (Å²) >= 11 is 0. The molecule has 0 radical (unpaired) electrons. The average Bonchev–Trinajstić information content (AvgIpc) is 2.98. The van der Waals surface area contributed by atoms with E-state index in [1.54, 1.807) is 10.8 Å². The molecule has 25 heavy (non-hydrogen) atoms. The highest BCUT2D eigenvalue weighted by Gasteiger charge is 2.31. The summed E-state index contributed by atoms with van der Waals surface area (Å²) in [6.45, 7) is 0. The van der Waals surface area contributed by atoms with Gasteiger partial charge in [0.15, 0.2) is 0 Å². The van der Waals surface area contributed by atoms with Crippen LogP contribution in [0.5, 0.6) is 0 Å². The number of hydrogen-bond donors (Lipinski definition) is 1. The van der Waals surface area contributed by atoms with Crippen LogP contribution in [0.2, 0.25) is 0 Å². The second kappa shape index (κ2) is 5.84. The van der Waals surface area contributed by atoms with Crippen molar-refractivity contribution in [3.8, 4) is 0 Å². The molecule has 7 nitrogen and oxygen atoms in total. The van der Waals surface area contributed by atoms with Gasteiger partial charge in [-0.25, -0.2) is 23.1 Å². The van der Waals surface area contributed by atoms with Gasteiger partial charge >= 0.3 is 6.18 Å². The number of nitrogens with zero attached hydrogens (tertiary/aromatic N) is 3. The first-order valence-electron chi connectivity index (χ1n) is 6.71. The van der Waals surface area contributed by atoms with E-state index in [-0.39, 0.29) is 16.4 Å². The number of rotatable bonds is 3. The fourth-order valence-electron chi connectivity index (χ4n) is 1.97. The van der Waals surface area contributed by atoms with E-state index in [0.29, 0.717) is 12.4 Å². The maximum atomic E-state index is 12.7. The van der Waals surface area contributed by atoms with Crippen molar-refractivity contribution < 1.29 is 26.4 Å². The van der Waals surface area contributed by atoms with Gasteiger partial charge in [0.1, 0.15) is 5.69 Å². The van der Waals surface area contributed by atoms with E-state index < -0.39 is 27.7 Å². The predicted octanol–water partition coefficient (Wildman–Crippen LogP) is 1.87. The fourth-order valence-corrected chi connectivity index (χ4v) is 2.96. The number of carbonyl (C=O) groups excluding carboxylic acids is 1. The van der Waals surface area contributed by atoms with E-state index in [0.717, 1.165) is 10.6 Å². The zero-order chi connectivity index (χ0) is 18.2. The normalized spacial score (nSPS) is 12.3. The minimum Gasteiger partial charge on any atom is -0.290 e. The maximum absolute atomic E-state index is 12.7. The van der Waals surface area contributed by atoms with Crippen molar-refractivity contribution in [1.82, 2.24) is 19.1 Å². The molecule has 11 heteroatoms. The van der Waals surface area contributed by atoms with Crippen LogP contribution in [-0.2, 0) is 16.2 Å². The molecule has 2 heterocycles. The average molecular weight is 370 g/mol. The predicted molar refractivity (Wildman–Crippen MR) is 79.1 cm³/mol. The van der Waals surface area contributed by atoms with Crippen LogP contribution < -0.4 is 4.72 Å². The van der Waals surface area contributed by atoms with E-state index in [2.05, 4.69) is 9.97 Å². The number of carbonyl (C=O) groups is 1. The van der Waals surface area contributed by atoms with Gasteiger partial charge in [-0.2, -0.15) is 13.2 Å². The summed E-state index contributed by atoms with van der Waals surface area (Å²) in [5, 5.41) is 0. The number of nitrogens with one attached hydrogen (secondary N) is 1. The van der Waals surface area contributed by atoms with E-state index in [1.807, 2.05) is 0 Å². The van der Waals surface area contributed by atoms with Crippen LogP contribution in [0.3, 0.4) is 0 Å². The van der Waals surface area contributed by atoms with Gasteiger partial charge in [0.05, 0.1) is 10.5 Å². The van der Waals surface area contributed by atoms with Crippen molar-refractivity contribution in [2.75, 3.05) is 0 Å². The first-order chi connectivity index (χ1) is 11.7. The Bertz CT molecular complexity index is 1050. The first kappa shape index (κ1) is 16.9. The molecule has 3 aromatic rings. The maximum Gasteiger partial charge on any atom is 0.419 e. The van der Waals surface area contributed by atoms with Gasteiger partial charge in [-0.1, -0.05) is 18.2 Å². The summed E-state index contributed by atoms with van der Waals surface area (Å²) < 4.78 is 64.8. The Morgan fingerprint density at radius 3 is 2.44 bits per heavy atom. The highest BCUT2D eigenvalue weighted by Crippen LogP contribution is 2.28. The van der Waals surface area contributed by atoms with Crippen molar-refractivity contribution in [3.05, 3.63) is 60.2 Å². The van der Waals surface area contributed by atoms with E-state index >= 15 is 0 Å². The Balaban J connectivity index is 1.90. The molecule has 1 N–H and O–H groups in total. The lowest BCUT2D eigenvalue weighted by Crippen LogP contribution is -2.30.